The first-order valence-corrected chi connectivity index (χ1v) is 5.53. The fraction of sp³-hybridized carbons (Fsp3) is 0.455. The van der Waals surface area contributed by atoms with Gasteiger partial charge in [0.15, 0.2) is 11.5 Å². The molecule has 0 unspecified atom stereocenters. The molecule has 0 aliphatic rings. The first-order valence-electron chi connectivity index (χ1n) is 5.53. The molecule has 0 aliphatic carbocycles. The van der Waals surface area contributed by atoms with E-state index in [9.17, 15) is 14.4 Å². The maximum absolute atomic E-state index is 11.8. The fourth-order valence-electron chi connectivity index (χ4n) is 1.31. The van der Waals surface area contributed by atoms with E-state index in [0.717, 1.165) is 7.11 Å². The van der Waals surface area contributed by atoms with Crippen LogP contribution in [-0.4, -0.2) is 48.4 Å². The standard InChI is InChI=1S/C11H14N2O7/c1-18-5-6-3-7(13-20-6)10(15)12-8(11(16)17)4-9(14)19-2/h3,8H,4-5H2,1-2H3,(H,12,15)(H,16,17)/t8-/m0/s1. The number of carbonyl (C=O) groups is 3. The van der Waals surface area contributed by atoms with E-state index in [1.807, 2.05) is 0 Å². The van der Waals surface area contributed by atoms with Crippen molar-refractivity contribution in [2.24, 2.45) is 0 Å². The largest absolute Gasteiger partial charge is 0.480 e. The van der Waals surface area contributed by atoms with Gasteiger partial charge in [-0.15, -0.1) is 0 Å². The van der Waals surface area contributed by atoms with Crippen molar-refractivity contribution in [3.63, 3.8) is 0 Å². The predicted molar refractivity (Wildman–Crippen MR) is 62.7 cm³/mol. The maximum atomic E-state index is 11.8. The summed E-state index contributed by atoms with van der Waals surface area (Å²) < 4.78 is 13.9. The number of aromatic nitrogens is 1. The second kappa shape index (κ2) is 7.24. The van der Waals surface area contributed by atoms with Crippen LogP contribution in [0.5, 0.6) is 0 Å². The number of aliphatic carboxylic acids is 1. The molecule has 0 spiro atoms. The van der Waals surface area contributed by atoms with E-state index in [1.54, 1.807) is 0 Å². The van der Waals surface area contributed by atoms with Crippen LogP contribution < -0.4 is 5.32 Å². The molecule has 2 N–H and O–H groups in total. The molecule has 1 aromatic heterocycles. The average Bonchev–Trinajstić information content (AvgIpc) is 2.86. The monoisotopic (exact) mass is 286 g/mol. The SMILES string of the molecule is COCc1cc(C(=O)N[C@@H](CC(=O)OC)C(=O)O)no1. The Kier molecular flexibility index (Phi) is 5.66. The molecule has 0 saturated carbocycles. The van der Waals surface area contributed by atoms with Gasteiger partial charge in [0, 0.05) is 13.2 Å². The number of methoxy groups -OCH3 is 2. The van der Waals surface area contributed by atoms with Gasteiger partial charge >= 0.3 is 11.9 Å². The average molecular weight is 286 g/mol. The first-order chi connectivity index (χ1) is 9.47. The van der Waals surface area contributed by atoms with Crippen molar-refractivity contribution in [2.45, 2.75) is 19.1 Å². The minimum atomic E-state index is -1.41. The lowest BCUT2D eigenvalue weighted by molar-refractivity contribution is -0.147. The van der Waals surface area contributed by atoms with E-state index in [2.05, 4.69) is 15.2 Å². The van der Waals surface area contributed by atoms with E-state index in [1.165, 1.54) is 13.2 Å². The van der Waals surface area contributed by atoms with Crippen LogP contribution in [0.4, 0.5) is 0 Å². The Hall–Kier alpha value is -2.42. The smallest absolute Gasteiger partial charge is 0.326 e. The van der Waals surface area contributed by atoms with Crippen LogP contribution in [0.1, 0.15) is 22.7 Å². The number of carboxylic acid groups (broad SMARTS) is 1. The third-order valence-electron chi connectivity index (χ3n) is 2.28. The molecule has 1 rings (SSSR count). The van der Waals surface area contributed by atoms with Crippen molar-refractivity contribution in [1.29, 1.82) is 0 Å². The van der Waals surface area contributed by atoms with Crippen molar-refractivity contribution in [3.8, 4) is 0 Å². The Morgan fingerprint density at radius 2 is 2.15 bits per heavy atom. The van der Waals surface area contributed by atoms with E-state index in [4.69, 9.17) is 14.4 Å². The molecule has 0 aliphatic heterocycles. The molecule has 0 saturated heterocycles. The molecule has 1 amide bonds. The van der Waals surface area contributed by atoms with Crippen LogP contribution in [0, 0.1) is 0 Å². The Morgan fingerprint density at radius 1 is 1.45 bits per heavy atom. The molecule has 110 valence electrons. The highest BCUT2D eigenvalue weighted by molar-refractivity contribution is 5.95. The highest BCUT2D eigenvalue weighted by Crippen LogP contribution is 2.06. The Bertz CT molecular complexity index is 497. The normalized spacial score (nSPS) is 11.7. The van der Waals surface area contributed by atoms with Crippen molar-refractivity contribution >= 4 is 17.8 Å². The van der Waals surface area contributed by atoms with Gasteiger partial charge in [0.25, 0.3) is 5.91 Å². The van der Waals surface area contributed by atoms with Gasteiger partial charge in [-0.05, 0) is 0 Å². The molecule has 1 atom stereocenters. The molecule has 0 radical (unpaired) electrons. The quantitative estimate of drug-likeness (QED) is 0.646. The van der Waals surface area contributed by atoms with Gasteiger partial charge in [-0.1, -0.05) is 5.16 Å². The maximum Gasteiger partial charge on any atom is 0.326 e. The summed E-state index contributed by atoms with van der Waals surface area (Å²) in [6, 6.07) is -0.0897. The summed E-state index contributed by atoms with van der Waals surface area (Å²) in [6.45, 7) is 0.130. The number of nitrogens with one attached hydrogen (secondary N) is 1. The van der Waals surface area contributed by atoms with E-state index in [0.29, 0.717) is 5.76 Å². The van der Waals surface area contributed by atoms with Crippen LogP contribution in [0.3, 0.4) is 0 Å². The zero-order valence-electron chi connectivity index (χ0n) is 10.9. The van der Waals surface area contributed by atoms with Crippen LogP contribution in [0.25, 0.3) is 0 Å². The lowest BCUT2D eigenvalue weighted by Crippen LogP contribution is -2.42. The van der Waals surface area contributed by atoms with Gasteiger partial charge in [0.1, 0.15) is 12.6 Å². The molecular formula is C11H14N2O7. The topological polar surface area (TPSA) is 128 Å². The second-order valence-electron chi connectivity index (χ2n) is 3.76. The highest BCUT2D eigenvalue weighted by atomic mass is 16.5. The van der Waals surface area contributed by atoms with Crippen molar-refractivity contribution in [1.82, 2.24) is 10.5 Å². The van der Waals surface area contributed by atoms with Gasteiger partial charge in [-0.25, -0.2) is 4.79 Å². The third kappa shape index (κ3) is 4.35. The van der Waals surface area contributed by atoms with Crippen LogP contribution in [0.2, 0.25) is 0 Å². The number of rotatable bonds is 7. The number of ether oxygens (including phenoxy) is 2. The zero-order valence-corrected chi connectivity index (χ0v) is 10.9. The molecule has 9 heteroatoms. The molecule has 1 aromatic rings. The molecule has 20 heavy (non-hydrogen) atoms. The van der Waals surface area contributed by atoms with Crippen molar-refractivity contribution in [2.75, 3.05) is 14.2 Å². The van der Waals surface area contributed by atoms with Gasteiger partial charge in [0.2, 0.25) is 0 Å². The summed E-state index contributed by atoms with van der Waals surface area (Å²) >= 11 is 0. The van der Waals surface area contributed by atoms with Gasteiger partial charge < -0.3 is 24.4 Å². The third-order valence-corrected chi connectivity index (χ3v) is 2.28. The minimum absolute atomic E-state index is 0.104. The molecule has 0 aromatic carbocycles. The Labute approximate surface area is 113 Å². The summed E-state index contributed by atoms with van der Waals surface area (Å²) in [5, 5.41) is 14.5. The number of amides is 1. The van der Waals surface area contributed by atoms with Crippen molar-refractivity contribution < 1.29 is 33.5 Å². The number of hydrogen-bond acceptors (Lipinski definition) is 7. The van der Waals surface area contributed by atoms with Crippen LogP contribution in [-0.2, 0) is 25.7 Å². The molecule has 1 heterocycles. The molecular weight excluding hydrogens is 272 g/mol. The minimum Gasteiger partial charge on any atom is -0.480 e. The van der Waals surface area contributed by atoms with Gasteiger partial charge in [-0.2, -0.15) is 0 Å². The zero-order chi connectivity index (χ0) is 15.1. The van der Waals surface area contributed by atoms with E-state index < -0.39 is 30.3 Å². The van der Waals surface area contributed by atoms with Gasteiger partial charge in [0.05, 0.1) is 13.5 Å². The summed E-state index contributed by atoms with van der Waals surface area (Å²) in [5.74, 6) is -2.56. The molecule has 9 nitrogen and oxygen atoms in total. The van der Waals surface area contributed by atoms with E-state index >= 15 is 0 Å². The number of esters is 1. The lowest BCUT2D eigenvalue weighted by Gasteiger charge is -2.11. The molecule has 0 fully saturated rings. The van der Waals surface area contributed by atoms with Gasteiger partial charge in [-0.3, -0.25) is 9.59 Å². The summed E-state index contributed by atoms with van der Waals surface area (Å²) in [5.41, 5.74) is -0.104. The summed E-state index contributed by atoms with van der Waals surface area (Å²) in [4.78, 5) is 33.7. The second-order valence-corrected chi connectivity index (χ2v) is 3.76. The predicted octanol–water partition coefficient (Wildman–Crippen LogP) is -0.433. The number of nitrogens with zero attached hydrogens (tertiary/aromatic N) is 1. The van der Waals surface area contributed by atoms with Crippen LogP contribution in [0.15, 0.2) is 10.6 Å². The number of carbonyl (C=O) groups excluding carboxylic acids is 2. The Balaban J connectivity index is 2.69. The van der Waals surface area contributed by atoms with E-state index in [-0.39, 0.29) is 12.3 Å². The first kappa shape index (κ1) is 15.6. The van der Waals surface area contributed by atoms with Crippen molar-refractivity contribution in [3.05, 3.63) is 17.5 Å². The fourth-order valence-corrected chi connectivity index (χ4v) is 1.31. The summed E-state index contributed by atoms with van der Waals surface area (Å²) in [6.07, 6.45) is -0.486. The number of carboxylic acids is 1. The van der Waals surface area contributed by atoms with Crippen LogP contribution >= 0.6 is 0 Å². The molecule has 0 bridgehead atoms. The summed E-state index contributed by atoms with van der Waals surface area (Å²) in [7, 11) is 2.57. The lowest BCUT2D eigenvalue weighted by atomic mass is 10.2. The Morgan fingerprint density at radius 3 is 2.70 bits per heavy atom. The number of hydrogen-bond donors (Lipinski definition) is 2. The highest BCUT2D eigenvalue weighted by Gasteiger charge is 2.25.